The SMILES string of the molecule is COc1ccc2nc(C3CC3)cc(C(=O)OC[C@H]3CCCC(=O)N3)c2c1. The highest BCUT2D eigenvalue weighted by molar-refractivity contribution is 6.04. The summed E-state index contributed by atoms with van der Waals surface area (Å²) in [5, 5.41) is 3.60. The fourth-order valence-electron chi connectivity index (χ4n) is 3.37. The summed E-state index contributed by atoms with van der Waals surface area (Å²) >= 11 is 0. The van der Waals surface area contributed by atoms with Gasteiger partial charge in [0.05, 0.1) is 24.2 Å². The van der Waals surface area contributed by atoms with Gasteiger partial charge in [0.15, 0.2) is 0 Å². The van der Waals surface area contributed by atoms with Crippen LogP contribution >= 0.6 is 0 Å². The number of hydrogen-bond acceptors (Lipinski definition) is 5. The first-order valence-electron chi connectivity index (χ1n) is 9.09. The van der Waals surface area contributed by atoms with Crippen molar-refractivity contribution in [1.29, 1.82) is 0 Å². The fourth-order valence-corrected chi connectivity index (χ4v) is 3.37. The van der Waals surface area contributed by atoms with Crippen LogP contribution in [-0.2, 0) is 9.53 Å². The molecule has 2 aromatic rings. The van der Waals surface area contributed by atoms with Crippen molar-refractivity contribution in [3.05, 3.63) is 35.5 Å². The number of esters is 1. The lowest BCUT2D eigenvalue weighted by Gasteiger charge is -2.22. The maximum atomic E-state index is 12.8. The third-order valence-corrected chi connectivity index (χ3v) is 4.99. The number of nitrogens with zero attached hydrogens (tertiary/aromatic N) is 1. The van der Waals surface area contributed by atoms with E-state index in [0.29, 0.717) is 23.7 Å². The van der Waals surface area contributed by atoms with Crippen molar-refractivity contribution in [3.8, 4) is 5.75 Å². The van der Waals surface area contributed by atoms with E-state index in [-0.39, 0.29) is 24.5 Å². The van der Waals surface area contributed by atoms with Gasteiger partial charge in [-0.15, -0.1) is 0 Å². The minimum Gasteiger partial charge on any atom is -0.497 e. The molecule has 1 amide bonds. The molecular weight excluding hydrogens is 332 g/mol. The van der Waals surface area contributed by atoms with Crippen molar-refractivity contribution in [2.45, 2.75) is 44.1 Å². The summed E-state index contributed by atoms with van der Waals surface area (Å²) in [4.78, 5) is 29.0. The number of nitrogens with one attached hydrogen (secondary N) is 1. The Balaban J connectivity index is 1.60. The van der Waals surface area contributed by atoms with E-state index in [0.717, 1.165) is 42.3 Å². The smallest absolute Gasteiger partial charge is 0.338 e. The topological polar surface area (TPSA) is 77.5 Å². The third kappa shape index (κ3) is 3.49. The van der Waals surface area contributed by atoms with Crippen LogP contribution in [-0.4, -0.2) is 36.6 Å². The number of carbonyl (C=O) groups excluding carboxylic acids is 2. The lowest BCUT2D eigenvalue weighted by Crippen LogP contribution is -2.42. The van der Waals surface area contributed by atoms with E-state index >= 15 is 0 Å². The second-order valence-electron chi connectivity index (χ2n) is 7.01. The Bertz CT molecular complexity index is 860. The van der Waals surface area contributed by atoms with Gasteiger partial charge in [-0.1, -0.05) is 0 Å². The largest absolute Gasteiger partial charge is 0.497 e. The van der Waals surface area contributed by atoms with Crippen molar-refractivity contribution >= 4 is 22.8 Å². The molecule has 1 aliphatic carbocycles. The number of carbonyl (C=O) groups is 2. The summed E-state index contributed by atoms with van der Waals surface area (Å²) < 4.78 is 10.8. The van der Waals surface area contributed by atoms with Gasteiger partial charge in [0.2, 0.25) is 5.91 Å². The highest BCUT2D eigenvalue weighted by atomic mass is 16.5. The molecule has 1 saturated heterocycles. The Kier molecular flexibility index (Phi) is 4.49. The van der Waals surface area contributed by atoms with Crippen LogP contribution in [0.15, 0.2) is 24.3 Å². The normalized spacial score (nSPS) is 19.9. The zero-order valence-corrected chi connectivity index (χ0v) is 14.8. The molecule has 1 aromatic heterocycles. The van der Waals surface area contributed by atoms with E-state index in [4.69, 9.17) is 14.5 Å². The molecule has 26 heavy (non-hydrogen) atoms. The minimum atomic E-state index is -0.382. The lowest BCUT2D eigenvalue weighted by atomic mass is 10.0. The molecule has 4 rings (SSSR count). The molecule has 0 radical (unpaired) electrons. The molecule has 6 nitrogen and oxygen atoms in total. The summed E-state index contributed by atoms with van der Waals surface area (Å²) in [6.07, 6.45) is 4.42. The molecule has 0 spiro atoms. The monoisotopic (exact) mass is 354 g/mol. The second-order valence-corrected chi connectivity index (χ2v) is 7.01. The summed E-state index contributed by atoms with van der Waals surface area (Å²) in [6, 6.07) is 7.28. The molecule has 6 heteroatoms. The second kappa shape index (κ2) is 6.94. The van der Waals surface area contributed by atoms with Crippen LogP contribution in [0.3, 0.4) is 0 Å². The first-order chi connectivity index (χ1) is 12.6. The van der Waals surface area contributed by atoms with Gasteiger partial charge >= 0.3 is 5.97 Å². The number of hydrogen-bond donors (Lipinski definition) is 1. The predicted molar refractivity (Wildman–Crippen MR) is 96.3 cm³/mol. The van der Waals surface area contributed by atoms with Crippen LogP contribution in [0.1, 0.15) is 54.1 Å². The Morgan fingerprint density at radius 1 is 1.27 bits per heavy atom. The van der Waals surface area contributed by atoms with Crippen molar-refractivity contribution in [2.24, 2.45) is 0 Å². The standard InChI is InChI=1S/C20H22N2O4/c1-25-14-7-8-17-15(9-14)16(10-18(22-17)12-5-6-12)20(24)26-11-13-3-2-4-19(23)21-13/h7-10,12-13H,2-6,11H2,1H3,(H,21,23)/t13-/m1/s1. The Morgan fingerprint density at radius 2 is 2.12 bits per heavy atom. The lowest BCUT2D eigenvalue weighted by molar-refractivity contribution is -0.123. The summed E-state index contributed by atoms with van der Waals surface area (Å²) in [6.45, 7) is 0.192. The van der Waals surface area contributed by atoms with Crippen molar-refractivity contribution in [2.75, 3.05) is 13.7 Å². The van der Waals surface area contributed by atoms with Crippen LogP contribution in [0, 0.1) is 0 Å². The molecular formula is C20H22N2O4. The molecule has 2 heterocycles. The van der Waals surface area contributed by atoms with Gasteiger partial charge in [-0.3, -0.25) is 9.78 Å². The highest BCUT2D eigenvalue weighted by Gasteiger charge is 2.28. The summed E-state index contributed by atoms with van der Waals surface area (Å²) in [5.74, 6) is 0.748. The minimum absolute atomic E-state index is 0.0208. The number of fused-ring (bicyclic) bond motifs is 1. The number of aromatic nitrogens is 1. The number of piperidine rings is 1. The molecule has 2 aliphatic rings. The summed E-state index contributed by atoms with van der Waals surface area (Å²) in [7, 11) is 1.59. The van der Waals surface area contributed by atoms with Gasteiger partial charge < -0.3 is 14.8 Å². The first-order valence-corrected chi connectivity index (χ1v) is 9.09. The number of benzene rings is 1. The van der Waals surface area contributed by atoms with E-state index in [2.05, 4.69) is 5.32 Å². The van der Waals surface area contributed by atoms with Crippen LogP contribution in [0.25, 0.3) is 10.9 Å². The van der Waals surface area contributed by atoms with Gasteiger partial charge in [-0.05, 0) is 49.9 Å². The molecule has 1 N–H and O–H groups in total. The highest BCUT2D eigenvalue weighted by Crippen LogP contribution is 2.40. The quantitative estimate of drug-likeness (QED) is 0.836. The molecule has 2 fully saturated rings. The van der Waals surface area contributed by atoms with Crippen molar-refractivity contribution < 1.29 is 19.1 Å². The van der Waals surface area contributed by atoms with Gasteiger partial charge in [-0.2, -0.15) is 0 Å². The molecule has 1 atom stereocenters. The number of methoxy groups -OCH3 is 1. The first kappa shape index (κ1) is 16.8. The Hall–Kier alpha value is -2.63. The molecule has 1 aliphatic heterocycles. The van der Waals surface area contributed by atoms with Gasteiger partial charge in [0.25, 0.3) is 0 Å². The fraction of sp³-hybridized carbons (Fsp3) is 0.450. The molecule has 1 saturated carbocycles. The molecule has 136 valence electrons. The van der Waals surface area contributed by atoms with E-state index < -0.39 is 0 Å². The van der Waals surface area contributed by atoms with Crippen LogP contribution in [0.5, 0.6) is 5.75 Å². The average molecular weight is 354 g/mol. The zero-order valence-electron chi connectivity index (χ0n) is 14.8. The van der Waals surface area contributed by atoms with E-state index in [1.807, 2.05) is 24.3 Å². The Labute approximate surface area is 151 Å². The molecule has 0 unspecified atom stereocenters. The third-order valence-electron chi connectivity index (χ3n) is 4.99. The van der Waals surface area contributed by atoms with Crippen molar-refractivity contribution in [3.63, 3.8) is 0 Å². The number of amides is 1. The van der Waals surface area contributed by atoms with Crippen LogP contribution < -0.4 is 10.1 Å². The number of ether oxygens (including phenoxy) is 2. The van der Waals surface area contributed by atoms with Crippen molar-refractivity contribution in [1.82, 2.24) is 10.3 Å². The Morgan fingerprint density at radius 3 is 2.85 bits per heavy atom. The van der Waals surface area contributed by atoms with Gasteiger partial charge in [0, 0.05) is 23.4 Å². The molecule has 0 bridgehead atoms. The predicted octanol–water partition coefficient (Wildman–Crippen LogP) is 2.95. The van der Waals surface area contributed by atoms with Crippen LogP contribution in [0.2, 0.25) is 0 Å². The number of rotatable bonds is 5. The maximum Gasteiger partial charge on any atom is 0.338 e. The van der Waals surface area contributed by atoms with E-state index in [1.54, 1.807) is 7.11 Å². The van der Waals surface area contributed by atoms with E-state index in [1.165, 1.54) is 0 Å². The number of pyridine rings is 1. The van der Waals surface area contributed by atoms with E-state index in [9.17, 15) is 9.59 Å². The summed E-state index contributed by atoms with van der Waals surface area (Å²) in [5.41, 5.74) is 2.23. The zero-order chi connectivity index (χ0) is 18.1. The average Bonchev–Trinajstić information content (AvgIpc) is 3.50. The molecule has 1 aromatic carbocycles. The van der Waals surface area contributed by atoms with Crippen LogP contribution in [0.4, 0.5) is 0 Å². The van der Waals surface area contributed by atoms with Gasteiger partial charge in [0.1, 0.15) is 12.4 Å². The maximum absolute atomic E-state index is 12.8. The van der Waals surface area contributed by atoms with Gasteiger partial charge in [-0.25, -0.2) is 4.79 Å².